The molecule has 0 atom stereocenters. The van der Waals surface area contributed by atoms with Gasteiger partial charge in [-0.25, -0.2) is 4.39 Å². The van der Waals surface area contributed by atoms with Crippen molar-refractivity contribution in [3.8, 4) is 0 Å². The Kier molecular flexibility index (Phi) is 10.7. The summed E-state index contributed by atoms with van der Waals surface area (Å²) in [5, 5.41) is 6.71. The maximum atomic E-state index is 13.8. The van der Waals surface area contributed by atoms with Crippen LogP contribution in [0, 0.1) is 11.7 Å². The van der Waals surface area contributed by atoms with Crippen molar-refractivity contribution >= 4 is 29.9 Å². The predicted molar refractivity (Wildman–Crippen MR) is 126 cm³/mol. The van der Waals surface area contributed by atoms with E-state index in [0.717, 1.165) is 63.0 Å². The number of aliphatic imine (C=N–C) groups is 1. The number of ether oxygens (including phenoxy) is 2. The van der Waals surface area contributed by atoms with E-state index in [1.54, 1.807) is 12.1 Å². The quantitative estimate of drug-likeness (QED) is 0.213. The van der Waals surface area contributed by atoms with Gasteiger partial charge in [-0.2, -0.15) is 0 Å². The molecule has 1 aromatic rings. The Hall–Kier alpha value is -0.930. The molecule has 1 heterocycles. The number of hydrogen-bond acceptors (Lipinski definition) is 3. The summed E-state index contributed by atoms with van der Waals surface area (Å²) in [6.45, 7) is 7.38. The molecule has 2 N–H and O–H groups in total. The molecule has 0 aromatic heterocycles. The van der Waals surface area contributed by atoms with Gasteiger partial charge in [-0.15, -0.1) is 24.0 Å². The van der Waals surface area contributed by atoms with E-state index < -0.39 is 0 Å². The average Bonchev–Trinajstić information content (AvgIpc) is 3.54. The van der Waals surface area contributed by atoms with Crippen molar-refractivity contribution < 1.29 is 13.9 Å². The minimum atomic E-state index is -0.191. The molecule has 0 spiro atoms. The monoisotopic (exact) mass is 519 g/mol. The number of guanidine groups is 1. The van der Waals surface area contributed by atoms with E-state index in [2.05, 4.69) is 17.6 Å². The molecule has 1 aliphatic heterocycles. The minimum Gasteiger partial charge on any atom is -0.381 e. The fourth-order valence-electron chi connectivity index (χ4n) is 3.61. The molecular weight excluding hydrogens is 484 g/mol. The van der Waals surface area contributed by atoms with E-state index in [1.807, 2.05) is 6.07 Å². The molecular formula is C22H35FIN3O2. The van der Waals surface area contributed by atoms with E-state index in [4.69, 9.17) is 14.5 Å². The smallest absolute Gasteiger partial charge is 0.191 e. The largest absolute Gasteiger partial charge is 0.381 e. The standard InChI is InChI=1S/C22H34FN3O2.HI/c1-2-24-21(25-11-4-12-28-16-18-7-8-18)26-17-22(9-13-27-14-10-22)19-5-3-6-20(23)15-19;/h3,5-6,15,18H,2,4,7-14,16-17H2,1H3,(H2,24,25,26);1H. The number of benzene rings is 1. The van der Waals surface area contributed by atoms with Crippen LogP contribution in [0.3, 0.4) is 0 Å². The summed E-state index contributed by atoms with van der Waals surface area (Å²) < 4.78 is 25.1. The highest BCUT2D eigenvalue weighted by Crippen LogP contribution is 2.35. The molecule has 5 nitrogen and oxygen atoms in total. The van der Waals surface area contributed by atoms with Gasteiger partial charge in [0.05, 0.1) is 6.54 Å². The van der Waals surface area contributed by atoms with Crippen molar-refractivity contribution in [1.82, 2.24) is 10.6 Å². The maximum absolute atomic E-state index is 13.8. The molecule has 2 fully saturated rings. The molecule has 3 rings (SSSR count). The predicted octanol–water partition coefficient (Wildman–Crippen LogP) is 3.86. The molecule has 0 unspecified atom stereocenters. The van der Waals surface area contributed by atoms with Crippen LogP contribution < -0.4 is 10.6 Å². The van der Waals surface area contributed by atoms with Gasteiger partial charge in [-0.1, -0.05) is 12.1 Å². The Morgan fingerprint density at radius 2 is 2.07 bits per heavy atom. The van der Waals surface area contributed by atoms with Crippen molar-refractivity contribution in [3.63, 3.8) is 0 Å². The van der Waals surface area contributed by atoms with Crippen LogP contribution in [0.2, 0.25) is 0 Å². The molecule has 164 valence electrons. The van der Waals surface area contributed by atoms with Crippen LogP contribution in [0.15, 0.2) is 29.3 Å². The van der Waals surface area contributed by atoms with Gasteiger partial charge in [0.1, 0.15) is 5.82 Å². The first-order valence-electron chi connectivity index (χ1n) is 10.7. The van der Waals surface area contributed by atoms with Crippen molar-refractivity contribution in [3.05, 3.63) is 35.6 Å². The summed E-state index contributed by atoms with van der Waals surface area (Å²) >= 11 is 0. The van der Waals surface area contributed by atoms with Crippen LogP contribution in [-0.4, -0.2) is 52.0 Å². The van der Waals surface area contributed by atoms with Crippen LogP contribution in [0.1, 0.15) is 44.6 Å². The SMILES string of the molecule is CCNC(=NCC1(c2cccc(F)c2)CCOCC1)NCCCOCC1CC1.I. The molecule has 1 saturated carbocycles. The lowest BCUT2D eigenvalue weighted by Crippen LogP contribution is -2.41. The number of rotatable bonds is 10. The minimum absolute atomic E-state index is 0. The lowest BCUT2D eigenvalue weighted by Gasteiger charge is -2.36. The van der Waals surface area contributed by atoms with Gasteiger partial charge < -0.3 is 20.1 Å². The van der Waals surface area contributed by atoms with E-state index in [-0.39, 0.29) is 35.2 Å². The molecule has 7 heteroatoms. The topological polar surface area (TPSA) is 54.9 Å². The number of nitrogens with one attached hydrogen (secondary N) is 2. The number of nitrogens with zero attached hydrogens (tertiary/aromatic N) is 1. The molecule has 1 aromatic carbocycles. The highest BCUT2D eigenvalue weighted by atomic mass is 127. The van der Waals surface area contributed by atoms with Gasteiger partial charge in [0.15, 0.2) is 5.96 Å². The lowest BCUT2D eigenvalue weighted by molar-refractivity contribution is 0.0530. The Balaban J connectivity index is 0.00000300. The third kappa shape index (κ3) is 8.02. The van der Waals surface area contributed by atoms with E-state index in [0.29, 0.717) is 19.8 Å². The third-order valence-corrected chi connectivity index (χ3v) is 5.58. The highest BCUT2D eigenvalue weighted by Gasteiger charge is 2.34. The van der Waals surface area contributed by atoms with Crippen molar-refractivity contribution in [2.45, 2.75) is 44.4 Å². The van der Waals surface area contributed by atoms with Crippen LogP contribution in [0.5, 0.6) is 0 Å². The summed E-state index contributed by atoms with van der Waals surface area (Å²) in [6.07, 6.45) is 5.32. The second-order valence-corrected chi connectivity index (χ2v) is 7.90. The fourth-order valence-corrected chi connectivity index (χ4v) is 3.61. The Morgan fingerprint density at radius 1 is 1.28 bits per heavy atom. The average molecular weight is 519 g/mol. The van der Waals surface area contributed by atoms with E-state index >= 15 is 0 Å². The summed E-state index contributed by atoms with van der Waals surface area (Å²) in [4.78, 5) is 4.85. The summed E-state index contributed by atoms with van der Waals surface area (Å²) in [6, 6.07) is 6.95. The van der Waals surface area contributed by atoms with Crippen LogP contribution in [0.4, 0.5) is 4.39 Å². The maximum Gasteiger partial charge on any atom is 0.191 e. The zero-order valence-electron chi connectivity index (χ0n) is 17.4. The second kappa shape index (κ2) is 12.7. The number of hydrogen-bond donors (Lipinski definition) is 2. The first-order chi connectivity index (χ1) is 13.7. The Bertz CT molecular complexity index is 634. The van der Waals surface area contributed by atoms with Gasteiger partial charge >= 0.3 is 0 Å². The lowest BCUT2D eigenvalue weighted by atomic mass is 9.74. The Morgan fingerprint density at radius 3 is 2.76 bits per heavy atom. The zero-order valence-corrected chi connectivity index (χ0v) is 19.8. The van der Waals surface area contributed by atoms with Crippen molar-refractivity contribution in [1.29, 1.82) is 0 Å². The van der Waals surface area contributed by atoms with Gasteiger partial charge in [0.25, 0.3) is 0 Å². The summed E-state index contributed by atoms with van der Waals surface area (Å²) in [5.74, 6) is 1.43. The molecule has 0 radical (unpaired) electrons. The van der Waals surface area contributed by atoms with E-state index in [1.165, 1.54) is 18.9 Å². The summed E-state index contributed by atoms with van der Waals surface area (Å²) in [5.41, 5.74) is 0.847. The van der Waals surface area contributed by atoms with E-state index in [9.17, 15) is 4.39 Å². The second-order valence-electron chi connectivity index (χ2n) is 7.90. The van der Waals surface area contributed by atoms with Crippen LogP contribution in [-0.2, 0) is 14.9 Å². The highest BCUT2D eigenvalue weighted by molar-refractivity contribution is 14.0. The van der Waals surface area contributed by atoms with Crippen molar-refractivity contribution in [2.75, 3.05) is 46.1 Å². The normalized spacial score (nSPS) is 18.8. The van der Waals surface area contributed by atoms with Gasteiger partial charge in [0.2, 0.25) is 0 Å². The zero-order chi connectivity index (χ0) is 19.7. The first-order valence-corrected chi connectivity index (χ1v) is 10.7. The first kappa shape index (κ1) is 24.3. The van der Waals surface area contributed by atoms with Gasteiger partial charge in [-0.05, 0) is 62.6 Å². The molecule has 1 aliphatic carbocycles. The molecule has 29 heavy (non-hydrogen) atoms. The van der Waals surface area contributed by atoms with Gasteiger partial charge in [0, 0.05) is 44.9 Å². The molecule has 0 amide bonds. The fraction of sp³-hybridized carbons (Fsp3) is 0.682. The third-order valence-electron chi connectivity index (χ3n) is 5.58. The van der Waals surface area contributed by atoms with Crippen LogP contribution >= 0.6 is 24.0 Å². The molecule has 1 saturated heterocycles. The molecule has 0 bridgehead atoms. The summed E-state index contributed by atoms with van der Waals surface area (Å²) in [7, 11) is 0. The van der Waals surface area contributed by atoms with Crippen molar-refractivity contribution in [2.24, 2.45) is 10.9 Å². The number of halogens is 2. The Labute approximate surface area is 191 Å². The molecule has 2 aliphatic rings. The van der Waals surface area contributed by atoms with Gasteiger partial charge in [-0.3, -0.25) is 4.99 Å². The van der Waals surface area contributed by atoms with Crippen LogP contribution in [0.25, 0.3) is 0 Å².